The molecule has 1 aromatic heterocycles. The average Bonchev–Trinajstić information content (AvgIpc) is 2.21. The van der Waals surface area contributed by atoms with Crippen molar-refractivity contribution in [2.45, 2.75) is 38.6 Å². The highest BCUT2D eigenvalue weighted by Crippen LogP contribution is 2.44. The van der Waals surface area contributed by atoms with Gasteiger partial charge in [0.05, 0.1) is 11.4 Å². The van der Waals surface area contributed by atoms with Crippen LogP contribution in [0.15, 0.2) is 12.4 Å². The zero-order valence-electron chi connectivity index (χ0n) is 9.70. The Bertz CT molecular complexity index is 337. The Morgan fingerprint density at radius 2 is 2.13 bits per heavy atom. The van der Waals surface area contributed by atoms with Crippen LogP contribution in [0.1, 0.15) is 37.1 Å². The third-order valence-electron chi connectivity index (χ3n) is 3.65. The Morgan fingerprint density at radius 1 is 1.40 bits per heavy atom. The van der Waals surface area contributed by atoms with Gasteiger partial charge in [0.25, 0.3) is 0 Å². The second-order valence-corrected chi connectivity index (χ2v) is 4.34. The summed E-state index contributed by atoms with van der Waals surface area (Å²) >= 11 is 0. The van der Waals surface area contributed by atoms with Crippen LogP contribution in [-0.4, -0.2) is 23.1 Å². The van der Waals surface area contributed by atoms with Crippen molar-refractivity contribution in [2.24, 2.45) is 5.92 Å². The highest BCUT2D eigenvalue weighted by atomic mass is 14.9. The van der Waals surface area contributed by atoms with E-state index >= 15 is 0 Å². The number of nitrogens with zero attached hydrogens (tertiary/aromatic N) is 2. The van der Waals surface area contributed by atoms with Crippen LogP contribution in [0.25, 0.3) is 0 Å². The summed E-state index contributed by atoms with van der Waals surface area (Å²) < 4.78 is 0. The van der Waals surface area contributed by atoms with Crippen LogP contribution >= 0.6 is 0 Å². The van der Waals surface area contributed by atoms with Gasteiger partial charge in [-0.1, -0.05) is 13.3 Å². The van der Waals surface area contributed by atoms with E-state index in [9.17, 15) is 0 Å². The van der Waals surface area contributed by atoms with E-state index in [2.05, 4.69) is 29.1 Å². The topological polar surface area (TPSA) is 37.8 Å². The first-order valence-electron chi connectivity index (χ1n) is 5.72. The van der Waals surface area contributed by atoms with Crippen molar-refractivity contribution in [3.05, 3.63) is 23.8 Å². The van der Waals surface area contributed by atoms with Crippen LogP contribution in [-0.2, 0) is 0 Å². The van der Waals surface area contributed by atoms with Crippen molar-refractivity contribution in [1.82, 2.24) is 15.3 Å². The molecule has 15 heavy (non-hydrogen) atoms. The van der Waals surface area contributed by atoms with E-state index in [1.165, 1.54) is 18.5 Å². The number of hydrogen-bond donors (Lipinski definition) is 1. The van der Waals surface area contributed by atoms with Gasteiger partial charge in [0.2, 0.25) is 0 Å². The average molecular weight is 205 g/mol. The van der Waals surface area contributed by atoms with E-state index in [0.29, 0.717) is 12.0 Å². The molecule has 3 nitrogen and oxygen atoms in total. The smallest absolute Gasteiger partial charge is 0.0650 e. The molecule has 82 valence electrons. The van der Waals surface area contributed by atoms with Gasteiger partial charge < -0.3 is 5.32 Å². The number of nitrogens with one attached hydrogen (secondary N) is 1. The largest absolute Gasteiger partial charge is 0.317 e. The lowest BCUT2D eigenvalue weighted by Gasteiger charge is -2.44. The molecule has 3 unspecified atom stereocenters. The molecule has 0 saturated heterocycles. The second-order valence-electron chi connectivity index (χ2n) is 4.34. The highest BCUT2D eigenvalue weighted by molar-refractivity contribution is 5.20. The minimum atomic E-state index is 0.612. The number of aryl methyl sites for hydroxylation is 1. The quantitative estimate of drug-likeness (QED) is 0.818. The second kappa shape index (κ2) is 4.27. The fourth-order valence-electron chi connectivity index (χ4n) is 2.71. The number of rotatable bonds is 3. The van der Waals surface area contributed by atoms with Crippen molar-refractivity contribution in [2.75, 3.05) is 7.05 Å². The Balaban J connectivity index is 2.16. The van der Waals surface area contributed by atoms with Crippen molar-refractivity contribution < 1.29 is 0 Å². The van der Waals surface area contributed by atoms with E-state index in [1.54, 1.807) is 6.20 Å². The Labute approximate surface area is 91.3 Å². The molecule has 0 amide bonds. The zero-order chi connectivity index (χ0) is 10.8. The van der Waals surface area contributed by atoms with Gasteiger partial charge in [-0.2, -0.15) is 0 Å². The third-order valence-corrected chi connectivity index (χ3v) is 3.65. The van der Waals surface area contributed by atoms with Gasteiger partial charge in [0, 0.05) is 24.4 Å². The summed E-state index contributed by atoms with van der Waals surface area (Å²) in [6, 6.07) is 0.668. The van der Waals surface area contributed by atoms with E-state index in [4.69, 9.17) is 0 Å². The first-order chi connectivity index (χ1) is 7.27. The normalized spacial score (nSPS) is 29.9. The molecular weight excluding hydrogens is 186 g/mol. The van der Waals surface area contributed by atoms with Crippen LogP contribution < -0.4 is 5.32 Å². The molecule has 0 spiro atoms. The van der Waals surface area contributed by atoms with Crippen LogP contribution in [0.5, 0.6) is 0 Å². The molecule has 1 N–H and O–H groups in total. The predicted molar refractivity (Wildman–Crippen MR) is 60.8 cm³/mol. The Kier molecular flexibility index (Phi) is 3.00. The lowest BCUT2D eigenvalue weighted by atomic mass is 9.66. The molecule has 0 aromatic carbocycles. The molecular formula is C12H19N3. The van der Waals surface area contributed by atoms with Gasteiger partial charge in [-0.25, -0.2) is 0 Å². The van der Waals surface area contributed by atoms with E-state index in [0.717, 1.165) is 11.6 Å². The van der Waals surface area contributed by atoms with Crippen molar-refractivity contribution in [3.8, 4) is 0 Å². The first kappa shape index (κ1) is 10.6. The van der Waals surface area contributed by atoms with Crippen molar-refractivity contribution in [1.29, 1.82) is 0 Å². The minimum Gasteiger partial charge on any atom is -0.317 e. The Morgan fingerprint density at radius 3 is 2.73 bits per heavy atom. The van der Waals surface area contributed by atoms with Gasteiger partial charge in [-0.3, -0.25) is 9.97 Å². The summed E-state index contributed by atoms with van der Waals surface area (Å²) in [6.45, 7) is 4.31. The van der Waals surface area contributed by atoms with Crippen LogP contribution in [0.4, 0.5) is 0 Å². The van der Waals surface area contributed by atoms with Gasteiger partial charge >= 0.3 is 0 Å². The SMILES string of the molecule is CCC1C(NC)CC1c1nccnc1C. The lowest BCUT2D eigenvalue weighted by molar-refractivity contribution is 0.165. The van der Waals surface area contributed by atoms with Gasteiger partial charge in [0.1, 0.15) is 0 Å². The Hall–Kier alpha value is -0.960. The molecule has 0 bridgehead atoms. The third kappa shape index (κ3) is 1.76. The standard InChI is InChI=1S/C12H19N3/c1-4-9-10(7-11(9)13-3)12-8(2)14-5-6-15-12/h5-6,9-11,13H,4,7H2,1-3H3. The predicted octanol–water partition coefficient (Wildman–Crippen LogP) is 1.89. The molecule has 1 aliphatic carbocycles. The molecule has 1 fully saturated rings. The van der Waals surface area contributed by atoms with E-state index in [1.807, 2.05) is 13.2 Å². The number of aromatic nitrogens is 2. The zero-order valence-corrected chi connectivity index (χ0v) is 9.70. The van der Waals surface area contributed by atoms with E-state index in [-0.39, 0.29) is 0 Å². The van der Waals surface area contributed by atoms with Crippen LogP contribution in [0.3, 0.4) is 0 Å². The maximum atomic E-state index is 4.48. The maximum Gasteiger partial charge on any atom is 0.0650 e. The summed E-state index contributed by atoms with van der Waals surface area (Å²) in [4.78, 5) is 8.80. The van der Waals surface area contributed by atoms with Crippen LogP contribution in [0.2, 0.25) is 0 Å². The summed E-state index contributed by atoms with van der Waals surface area (Å²) in [5.41, 5.74) is 2.30. The van der Waals surface area contributed by atoms with Crippen LogP contribution in [0, 0.1) is 12.8 Å². The molecule has 1 aliphatic rings. The summed E-state index contributed by atoms with van der Waals surface area (Å²) in [5, 5.41) is 3.37. The molecule has 1 heterocycles. The molecule has 0 aliphatic heterocycles. The molecule has 1 aromatic rings. The number of hydrogen-bond acceptors (Lipinski definition) is 3. The molecule has 3 atom stereocenters. The fourth-order valence-corrected chi connectivity index (χ4v) is 2.71. The monoisotopic (exact) mass is 205 g/mol. The summed E-state index contributed by atoms with van der Waals surface area (Å²) in [5.74, 6) is 1.34. The molecule has 2 rings (SSSR count). The lowest BCUT2D eigenvalue weighted by Crippen LogP contribution is -2.47. The minimum absolute atomic E-state index is 0.612. The first-order valence-corrected chi connectivity index (χ1v) is 5.72. The highest BCUT2D eigenvalue weighted by Gasteiger charge is 2.41. The molecule has 1 saturated carbocycles. The van der Waals surface area contributed by atoms with Crippen molar-refractivity contribution in [3.63, 3.8) is 0 Å². The maximum absolute atomic E-state index is 4.48. The summed E-state index contributed by atoms with van der Waals surface area (Å²) in [6.07, 6.45) is 6.00. The van der Waals surface area contributed by atoms with Gasteiger partial charge in [0.15, 0.2) is 0 Å². The van der Waals surface area contributed by atoms with Gasteiger partial charge in [-0.05, 0) is 26.3 Å². The summed E-state index contributed by atoms with van der Waals surface area (Å²) in [7, 11) is 2.05. The fraction of sp³-hybridized carbons (Fsp3) is 0.667. The van der Waals surface area contributed by atoms with Crippen molar-refractivity contribution >= 4 is 0 Å². The molecule has 0 radical (unpaired) electrons. The van der Waals surface area contributed by atoms with E-state index < -0.39 is 0 Å². The molecule has 3 heteroatoms. The van der Waals surface area contributed by atoms with Gasteiger partial charge in [-0.15, -0.1) is 0 Å².